The van der Waals surface area contributed by atoms with Crippen molar-refractivity contribution in [1.29, 1.82) is 0 Å². The van der Waals surface area contributed by atoms with Gasteiger partial charge < -0.3 is 5.73 Å². The highest BCUT2D eigenvalue weighted by Gasteiger charge is 2.37. The molecule has 0 bridgehead atoms. The maximum absolute atomic E-state index is 12.6. The van der Waals surface area contributed by atoms with Crippen LogP contribution in [0.25, 0.3) is 0 Å². The van der Waals surface area contributed by atoms with Crippen LogP contribution < -0.4 is 5.73 Å². The minimum atomic E-state index is -3.43. The van der Waals surface area contributed by atoms with E-state index < -0.39 is 15.1 Å². The highest BCUT2D eigenvalue weighted by molar-refractivity contribution is 7.92. The average molecular weight is 288 g/mol. The predicted molar refractivity (Wildman–Crippen MR) is 73.4 cm³/mol. The quantitative estimate of drug-likeness (QED) is 0.909. The highest BCUT2D eigenvalue weighted by atomic mass is 35.5. The maximum atomic E-state index is 12.6. The fraction of sp³-hybridized carbons (Fsp3) is 0.538. The Morgan fingerprint density at radius 1 is 1.28 bits per heavy atom. The third-order valence-electron chi connectivity index (χ3n) is 3.65. The molecule has 0 aliphatic heterocycles. The van der Waals surface area contributed by atoms with Crippen LogP contribution in [0.15, 0.2) is 29.2 Å². The molecule has 3 unspecified atom stereocenters. The summed E-state index contributed by atoms with van der Waals surface area (Å²) in [5.74, 6) is 0.395. The third kappa shape index (κ3) is 2.56. The molecule has 2 N–H and O–H groups in total. The van der Waals surface area contributed by atoms with Crippen molar-refractivity contribution in [3.05, 3.63) is 29.3 Å². The van der Waals surface area contributed by atoms with Gasteiger partial charge in [-0.1, -0.05) is 30.7 Å². The van der Waals surface area contributed by atoms with E-state index in [1.165, 1.54) is 0 Å². The fourth-order valence-electron chi connectivity index (χ4n) is 2.55. The number of nitrogens with two attached hydrogens (primary N) is 1. The van der Waals surface area contributed by atoms with E-state index in [-0.39, 0.29) is 16.0 Å². The van der Waals surface area contributed by atoms with Gasteiger partial charge in [-0.15, -0.1) is 0 Å². The second kappa shape index (κ2) is 5.19. The second-order valence-electron chi connectivity index (χ2n) is 5.10. The average Bonchev–Trinajstić information content (AvgIpc) is 2.32. The molecule has 2 rings (SSSR count). The zero-order valence-corrected chi connectivity index (χ0v) is 11.9. The van der Waals surface area contributed by atoms with Gasteiger partial charge in [0.2, 0.25) is 0 Å². The lowest BCUT2D eigenvalue weighted by Gasteiger charge is -2.32. The third-order valence-corrected chi connectivity index (χ3v) is 6.40. The summed E-state index contributed by atoms with van der Waals surface area (Å²) in [6, 6.07) is 6.29. The number of sulfone groups is 1. The summed E-state index contributed by atoms with van der Waals surface area (Å²) in [6.45, 7) is 2.07. The van der Waals surface area contributed by atoms with E-state index in [0.29, 0.717) is 12.3 Å². The Balaban J connectivity index is 2.39. The molecule has 0 heterocycles. The van der Waals surface area contributed by atoms with Crippen molar-refractivity contribution in [3.8, 4) is 0 Å². The first-order chi connectivity index (χ1) is 8.43. The molecule has 1 aliphatic rings. The van der Waals surface area contributed by atoms with Crippen molar-refractivity contribution < 1.29 is 8.42 Å². The van der Waals surface area contributed by atoms with Crippen LogP contribution in [0.4, 0.5) is 0 Å². The van der Waals surface area contributed by atoms with E-state index in [1.54, 1.807) is 24.3 Å². The molecule has 0 spiro atoms. The lowest BCUT2D eigenvalue weighted by molar-refractivity contribution is 0.346. The summed E-state index contributed by atoms with van der Waals surface area (Å²) in [6.07, 6.45) is 2.37. The number of rotatable bonds is 2. The predicted octanol–water partition coefficient (Wildman–Crippen LogP) is 2.63. The molecule has 1 saturated carbocycles. The monoisotopic (exact) mass is 287 g/mol. The van der Waals surface area contributed by atoms with E-state index in [4.69, 9.17) is 17.3 Å². The van der Waals surface area contributed by atoms with Crippen LogP contribution in [-0.2, 0) is 9.84 Å². The Morgan fingerprint density at radius 3 is 2.61 bits per heavy atom. The van der Waals surface area contributed by atoms with Gasteiger partial charge >= 0.3 is 0 Å². The van der Waals surface area contributed by atoms with Gasteiger partial charge in [0.25, 0.3) is 0 Å². The van der Waals surface area contributed by atoms with Crippen LogP contribution in [0.3, 0.4) is 0 Å². The van der Waals surface area contributed by atoms with Crippen LogP contribution in [-0.4, -0.2) is 19.7 Å². The summed E-state index contributed by atoms with van der Waals surface area (Å²) in [5.41, 5.74) is 5.99. The molecular formula is C13H18ClNO2S. The SMILES string of the molecule is CC1CCC(N)C(S(=O)(=O)c2ccccc2Cl)C1. The second-order valence-corrected chi connectivity index (χ2v) is 7.64. The van der Waals surface area contributed by atoms with E-state index in [2.05, 4.69) is 6.92 Å². The summed E-state index contributed by atoms with van der Waals surface area (Å²) in [4.78, 5) is 0.209. The van der Waals surface area contributed by atoms with Crippen molar-refractivity contribution in [2.45, 2.75) is 42.4 Å². The first-order valence-electron chi connectivity index (χ1n) is 6.17. The lowest BCUT2D eigenvalue weighted by atomic mass is 9.87. The Kier molecular flexibility index (Phi) is 3.99. The summed E-state index contributed by atoms with van der Waals surface area (Å²) < 4.78 is 25.2. The Labute approximate surface area is 113 Å². The van der Waals surface area contributed by atoms with Crippen molar-refractivity contribution in [2.24, 2.45) is 11.7 Å². The lowest BCUT2D eigenvalue weighted by Crippen LogP contribution is -2.44. The normalized spacial score (nSPS) is 29.2. The summed E-state index contributed by atoms with van der Waals surface area (Å²) >= 11 is 5.99. The van der Waals surface area contributed by atoms with Crippen LogP contribution in [0.2, 0.25) is 5.02 Å². The van der Waals surface area contributed by atoms with Gasteiger partial charge in [-0.25, -0.2) is 8.42 Å². The van der Waals surface area contributed by atoms with Gasteiger partial charge in [0.1, 0.15) is 0 Å². The van der Waals surface area contributed by atoms with Gasteiger partial charge in [-0.2, -0.15) is 0 Å². The molecule has 0 aromatic heterocycles. The molecule has 0 amide bonds. The van der Waals surface area contributed by atoms with Crippen LogP contribution in [0, 0.1) is 5.92 Å². The van der Waals surface area contributed by atoms with Gasteiger partial charge in [0, 0.05) is 6.04 Å². The summed E-state index contributed by atoms with van der Waals surface area (Å²) in [5, 5.41) is -0.232. The Hall–Kier alpha value is -0.580. The van der Waals surface area contributed by atoms with Crippen molar-refractivity contribution >= 4 is 21.4 Å². The van der Waals surface area contributed by atoms with E-state index in [1.807, 2.05) is 0 Å². The van der Waals surface area contributed by atoms with Gasteiger partial charge in [0.05, 0.1) is 15.2 Å². The smallest absolute Gasteiger partial charge is 0.184 e. The van der Waals surface area contributed by atoms with Gasteiger partial charge in [-0.3, -0.25) is 0 Å². The van der Waals surface area contributed by atoms with Crippen molar-refractivity contribution in [1.82, 2.24) is 0 Å². The molecule has 0 saturated heterocycles. The van der Waals surface area contributed by atoms with Crippen LogP contribution in [0.5, 0.6) is 0 Å². The molecule has 3 atom stereocenters. The van der Waals surface area contributed by atoms with E-state index >= 15 is 0 Å². The standard InChI is InChI=1S/C13H18ClNO2S/c1-9-6-7-11(15)13(8-9)18(16,17)12-5-3-2-4-10(12)14/h2-5,9,11,13H,6-8,15H2,1H3. The fourth-order valence-corrected chi connectivity index (χ4v) is 5.12. The Bertz CT molecular complexity index is 530. The molecule has 0 radical (unpaired) electrons. The number of hydrogen-bond acceptors (Lipinski definition) is 3. The van der Waals surface area contributed by atoms with E-state index in [9.17, 15) is 8.42 Å². The number of halogens is 1. The van der Waals surface area contributed by atoms with Gasteiger partial charge in [0.15, 0.2) is 9.84 Å². The first-order valence-corrected chi connectivity index (χ1v) is 8.09. The first kappa shape index (κ1) is 13.8. The number of hydrogen-bond donors (Lipinski definition) is 1. The highest BCUT2D eigenvalue weighted by Crippen LogP contribution is 2.33. The van der Waals surface area contributed by atoms with Gasteiger partial charge in [-0.05, 0) is 37.3 Å². The topological polar surface area (TPSA) is 60.2 Å². The van der Waals surface area contributed by atoms with E-state index in [0.717, 1.165) is 12.8 Å². The van der Waals surface area contributed by atoms with Crippen molar-refractivity contribution in [2.75, 3.05) is 0 Å². The molecule has 1 aromatic carbocycles. The largest absolute Gasteiger partial charge is 0.327 e. The molecule has 100 valence electrons. The molecular weight excluding hydrogens is 270 g/mol. The summed E-state index contributed by atoms with van der Waals surface area (Å²) in [7, 11) is -3.43. The van der Waals surface area contributed by atoms with Crippen LogP contribution in [0.1, 0.15) is 26.2 Å². The number of benzene rings is 1. The molecule has 1 fully saturated rings. The molecule has 3 nitrogen and oxygen atoms in total. The zero-order valence-electron chi connectivity index (χ0n) is 10.3. The molecule has 1 aliphatic carbocycles. The van der Waals surface area contributed by atoms with Crippen LogP contribution >= 0.6 is 11.6 Å². The molecule has 18 heavy (non-hydrogen) atoms. The molecule has 5 heteroatoms. The molecule has 1 aromatic rings. The minimum Gasteiger partial charge on any atom is -0.327 e. The minimum absolute atomic E-state index is 0.209. The Morgan fingerprint density at radius 2 is 1.94 bits per heavy atom. The maximum Gasteiger partial charge on any atom is 0.184 e. The zero-order chi connectivity index (χ0) is 13.3. The van der Waals surface area contributed by atoms with Crippen molar-refractivity contribution in [3.63, 3.8) is 0 Å².